The van der Waals surface area contributed by atoms with Gasteiger partial charge >= 0.3 is 6.09 Å². The van der Waals surface area contributed by atoms with Crippen molar-refractivity contribution in [3.63, 3.8) is 0 Å². The molecule has 4 aromatic carbocycles. The monoisotopic (exact) mass is 673 g/mol. The number of rotatable bonds is 18. The van der Waals surface area contributed by atoms with E-state index in [0.717, 1.165) is 26.1 Å². The minimum absolute atomic E-state index is 0.0858. The molecule has 256 valence electrons. The first-order chi connectivity index (χ1) is 22.9. The van der Waals surface area contributed by atoms with E-state index in [0.29, 0.717) is 17.7 Å². The first-order valence-corrected chi connectivity index (χ1v) is 17.6. The van der Waals surface area contributed by atoms with Gasteiger partial charge in [-0.2, -0.15) is 4.72 Å². The molecular formula is C38H47N3O6S. The Bertz CT molecular complexity index is 1630. The number of benzene rings is 4. The fraction of sp³-hybridized carbons (Fsp3) is 0.342. The summed E-state index contributed by atoms with van der Waals surface area (Å²) in [6, 6.07) is 35.3. The van der Waals surface area contributed by atoms with E-state index < -0.39 is 27.9 Å². The Balaban J connectivity index is 1.54. The first-order valence-electron chi connectivity index (χ1n) is 16.1. The van der Waals surface area contributed by atoms with Crippen LogP contribution in [0.25, 0.3) is 0 Å². The van der Waals surface area contributed by atoms with Crippen molar-refractivity contribution in [2.45, 2.75) is 69.3 Å². The predicted molar refractivity (Wildman–Crippen MR) is 188 cm³/mol. The molecule has 0 aliphatic carbocycles. The lowest BCUT2D eigenvalue weighted by Gasteiger charge is -2.40. The lowest BCUT2D eigenvalue weighted by atomic mass is 9.81. The lowest BCUT2D eigenvalue weighted by Crippen LogP contribution is -2.68. The third-order valence-corrected chi connectivity index (χ3v) is 10.1. The van der Waals surface area contributed by atoms with Gasteiger partial charge in [0, 0.05) is 19.5 Å². The lowest BCUT2D eigenvalue weighted by molar-refractivity contribution is 0.0333. The van der Waals surface area contributed by atoms with Crippen molar-refractivity contribution >= 4 is 16.1 Å². The summed E-state index contributed by atoms with van der Waals surface area (Å²) in [5.41, 5.74) is 0.879. The number of ether oxygens (including phenoxy) is 1. The van der Waals surface area contributed by atoms with Crippen LogP contribution in [0, 0.1) is 5.41 Å². The summed E-state index contributed by atoms with van der Waals surface area (Å²) in [7, 11) is -2.81. The number of carbonyl (C=O) groups is 1. The molecule has 1 amide bonds. The van der Waals surface area contributed by atoms with E-state index in [2.05, 4.69) is 53.1 Å². The Morgan fingerprint density at radius 2 is 1.29 bits per heavy atom. The van der Waals surface area contributed by atoms with E-state index in [1.807, 2.05) is 42.5 Å². The molecule has 0 heterocycles. The van der Waals surface area contributed by atoms with Crippen LogP contribution in [0.15, 0.2) is 120 Å². The Morgan fingerprint density at radius 3 is 1.77 bits per heavy atom. The highest BCUT2D eigenvalue weighted by atomic mass is 32.2. The second-order valence-corrected chi connectivity index (χ2v) is 14.7. The fourth-order valence-electron chi connectivity index (χ4n) is 5.79. The van der Waals surface area contributed by atoms with E-state index in [1.165, 1.54) is 42.5 Å². The van der Waals surface area contributed by atoms with Crippen molar-refractivity contribution in [3.05, 3.63) is 132 Å². The van der Waals surface area contributed by atoms with Gasteiger partial charge in [0.05, 0.1) is 18.1 Å². The predicted octanol–water partition coefficient (Wildman–Crippen LogP) is 6.44. The highest BCUT2D eigenvalue weighted by Gasteiger charge is 2.44. The van der Waals surface area contributed by atoms with E-state index in [9.17, 15) is 23.4 Å². The summed E-state index contributed by atoms with van der Waals surface area (Å²) in [4.78, 5) is 14.5. The van der Waals surface area contributed by atoms with Crippen LogP contribution in [-0.4, -0.2) is 55.0 Å². The smallest absolute Gasteiger partial charge is 0.406 e. The molecule has 0 radical (unpaired) electrons. The zero-order chi connectivity index (χ0) is 34.6. The van der Waals surface area contributed by atoms with E-state index >= 15 is 0 Å². The number of aliphatic hydroxyl groups is 1. The Hall–Kier alpha value is -4.22. The average molecular weight is 674 g/mol. The SMILES string of the molecule is COc1ccc(S(=O)(=O)N[C@](Cc2ccccc2)(NC(=O)O)[C@H](O)CCC(C)(C)CCN(Cc2ccccc2)Cc2ccccc2)cc1. The maximum Gasteiger partial charge on any atom is 0.406 e. The van der Waals surface area contributed by atoms with Gasteiger partial charge in [-0.3, -0.25) is 10.2 Å². The van der Waals surface area contributed by atoms with Crippen LogP contribution < -0.4 is 14.8 Å². The van der Waals surface area contributed by atoms with Gasteiger partial charge in [0.15, 0.2) is 0 Å². The maximum absolute atomic E-state index is 13.7. The van der Waals surface area contributed by atoms with Crippen molar-refractivity contribution in [3.8, 4) is 5.75 Å². The number of nitrogens with zero attached hydrogens (tertiary/aromatic N) is 1. The zero-order valence-corrected chi connectivity index (χ0v) is 28.7. The normalized spacial score (nSPS) is 13.9. The molecule has 10 heteroatoms. The third kappa shape index (κ3) is 10.9. The summed E-state index contributed by atoms with van der Waals surface area (Å²) in [5.74, 6) is 0.474. The van der Waals surface area contributed by atoms with Crippen molar-refractivity contribution in [2.24, 2.45) is 5.41 Å². The molecule has 48 heavy (non-hydrogen) atoms. The second-order valence-electron chi connectivity index (χ2n) is 13.0. The molecule has 0 saturated heterocycles. The zero-order valence-electron chi connectivity index (χ0n) is 27.9. The molecule has 9 nitrogen and oxygen atoms in total. The van der Waals surface area contributed by atoms with Crippen molar-refractivity contribution < 1.29 is 28.2 Å². The highest BCUT2D eigenvalue weighted by molar-refractivity contribution is 7.89. The molecule has 0 aromatic heterocycles. The summed E-state index contributed by atoms with van der Waals surface area (Å²) >= 11 is 0. The van der Waals surface area contributed by atoms with E-state index in [-0.39, 0.29) is 23.2 Å². The summed E-state index contributed by atoms with van der Waals surface area (Å²) in [6.45, 7) is 6.59. The van der Waals surface area contributed by atoms with Crippen molar-refractivity contribution in [2.75, 3.05) is 13.7 Å². The van der Waals surface area contributed by atoms with Gasteiger partial charge in [0.25, 0.3) is 0 Å². The number of sulfonamides is 1. The summed E-state index contributed by atoms with van der Waals surface area (Å²) < 4.78 is 35.1. The molecule has 0 unspecified atom stereocenters. The largest absolute Gasteiger partial charge is 0.497 e. The summed E-state index contributed by atoms with van der Waals surface area (Å²) in [6.07, 6.45) is -1.51. The number of hydrogen-bond donors (Lipinski definition) is 4. The minimum Gasteiger partial charge on any atom is -0.497 e. The molecule has 0 bridgehead atoms. The fourth-order valence-corrected chi connectivity index (χ4v) is 7.15. The second kappa shape index (κ2) is 16.7. The van der Waals surface area contributed by atoms with Crippen molar-refractivity contribution in [1.29, 1.82) is 0 Å². The molecule has 0 fully saturated rings. The number of amides is 1. The number of carboxylic acid groups (broad SMARTS) is 1. The van der Waals surface area contributed by atoms with Gasteiger partial charge in [0.2, 0.25) is 10.0 Å². The maximum atomic E-state index is 13.7. The summed E-state index contributed by atoms with van der Waals surface area (Å²) in [5, 5.41) is 24.1. The quantitative estimate of drug-likeness (QED) is 0.0896. The van der Waals surface area contributed by atoms with Gasteiger partial charge in [-0.05, 0) is 72.2 Å². The van der Waals surface area contributed by atoms with Gasteiger partial charge in [0.1, 0.15) is 11.4 Å². The van der Waals surface area contributed by atoms with Crippen LogP contribution in [0.2, 0.25) is 0 Å². The molecule has 0 aliphatic rings. The number of hydrogen-bond acceptors (Lipinski definition) is 6. The van der Waals surface area contributed by atoms with E-state index in [4.69, 9.17) is 4.74 Å². The number of aliphatic hydroxyl groups excluding tert-OH is 1. The number of methoxy groups -OCH3 is 1. The minimum atomic E-state index is -4.29. The standard InChI is InChI=1S/C38H47N3O6S/c1-37(2,25-26-41(28-31-15-9-5-10-16-31)29-32-17-11-6-12-18-32)24-23-35(42)38(39-36(43)44,27-30-13-7-4-8-14-30)40-48(45,46)34-21-19-33(47-3)20-22-34/h4-22,35,39-40,42H,23-29H2,1-3H3,(H,43,44)/t35-,38+/m1/s1. The van der Waals surface area contributed by atoms with Crippen LogP contribution in [-0.2, 0) is 29.5 Å². The molecular weight excluding hydrogens is 627 g/mol. The average Bonchev–Trinajstić information content (AvgIpc) is 3.07. The highest BCUT2D eigenvalue weighted by Crippen LogP contribution is 2.32. The van der Waals surface area contributed by atoms with Gasteiger partial charge < -0.3 is 14.9 Å². The third-order valence-electron chi connectivity index (χ3n) is 8.61. The van der Waals surface area contributed by atoms with Crippen LogP contribution in [0.3, 0.4) is 0 Å². The topological polar surface area (TPSA) is 128 Å². The Morgan fingerprint density at radius 1 is 0.792 bits per heavy atom. The van der Waals surface area contributed by atoms with Crippen molar-refractivity contribution in [1.82, 2.24) is 14.9 Å². The number of nitrogens with one attached hydrogen (secondary N) is 2. The van der Waals surface area contributed by atoms with Crippen LogP contribution in [0.4, 0.5) is 4.79 Å². The molecule has 4 aromatic rings. The van der Waals surface area contributed by atoms with Gasteiger partial charge in [-0.25, -0.2) is 13.2 Å². The molecule has 0 aliphatic heterocycles. The Labute approximate surface area is 284 Å². The molecule has 0 saturated carbocycles. The van der Waals surface area contributed by atoms with E-state index in [1.54, 1.807) is 24.3 Å². The molecule has 2 atom stereocenters. The van der Waals surface area contributed by atoms with Gasteiger partial charge in [-0.1, -0.05) is 105 Å². The van der Waals surface area contributed by atoms with Crippen LogP contribution in [0.1, 0.15) is 49.8 Å². The van der Waals surface area contributed by atoms with Gasteiger partial charge in [-0.15, -0.1) is 0 Å². The van der Waals surface area contributed by atoms with Crippen LogP contribution in [0.5, 0.6) is 5.75 Å². The molecule has 4 rings (SSSR count). The Kier molecular flexibility index (Phi) is 12.8. The molecule has 0 spiro atoms. The first kappa shape index (κ1) is 36.6. The molecule has 4 N–H and O–H groups in total. The van der Waals surface area contributed by atoms with Crippen LogP contribution >= 0.6 is 0 Å².